The molecule has 2 unspecified atom stereocenters. The summed E-state index contributed by atoms with van der Waals surface area (Å²) < 4.78 is 0. The predicted octanol–water partition coefficient (Wildman–Crippen LogP) is 7.85. The molecule has 164 valence electrons. The zero-order valence-corrected chi connectivity index (χ0v) is 23.3. The van der Waals surface area contributed by atoms with Crippen molar-refractivity contribution in [1.29, 1.82) is 0 Å². The topological polar surface area (TPSA) is 17.3 Å². The van der Waals surface area contributed by atoms with Crippen molar-refractivity contribution in [1.82, 2.24) is 4.90 Å². The molecule has 1 saturated heterocycles. The number of nitrogens with zero attached hydrogens (tertiary/aromatic N) is 2. The summed E-state index contributed by atoms with van der Waals surface area (Å²) in [6.45, 7) is 16.8. The van der Waals surface area contributed by atoms with Crippen LogP contribution in [0.25, 0.3) is 4.98 Å². The molecule has 2 rings (SSSR count). The Kier molecular flexibility index (Phi) is 17.3. The Morgan fingerprint density at radius 1 is 1.07 bits per heavy atom. The largest absolute Gasteiger partial charge is 4.00 e. The van der Waals surface area contributed by atoms with E-state index in [9.17, 15) is 0 Å². The van der Waals surface area contributed by atoms with E-state index in [1.807, 2.05) is 0 Å². The molecule has 0 spiro atoms. The van der Waals surface area contributed by atoms with Crippen LogP contribution < -0.4 is 0 Å². The third-order valence-electron chi connectivity index (χ3n) is 6.07. The Labute approximate surface area is 195 Å². The number of likely N-dealkylation sites (tertiary alicyclic amines) is 1. The van der Waals surface area contributed by atoms with Gasteiger partial charge in [-0.15, -0.1) is 5.54 Å². The van der Waals surface area contributed by atoms with E-state index < -0.39 is 8.24 Å². The number of unbranched alkanes of at least 4 members (excludes halogenated alkanes) is 2. The smallest absolute Gasteiger partial charge is 0.659 e. The molecule has 3 atom stereocenters. The molecule has 0 saturated carbocycles. The Morgan fingerprint density at radius 2 is 1.64 bits per heavy atom. The summed E-state index contributed by atoms with van der Waals surface area (Å²) in [6, 6.07) is 2.00. The van der Waals surface area contributed by atoms with Crippen molar-refractivity contribution in [2.75, 3.05) is 13.1 Å². The maximum atomic E-state index is 5.46. The molecule has 0 amide bonds. The molecule has 1 fully saturated rings. The van der Waals surface area contributed by atoms with Crippen LogP contribution in [0.1, 0.15) is 79.6 Å². The molecule has 4 heteroatoms. The first-order chi connectivity index (χ1) is 11.3. The fourth-order valence-electron chi connectivity index (χ4n) is 4.81. The predicted molar refractivity (Wildman–Crippen MR) is 130 cm³/mol. The second-order valence-electron chi connectivity index (χ2n) is 9.29. The summed E-state index contributed by atoms with van der Waals surface area (Å²) in [7, 11) is -1.61. The van der Waals surface area contributed by atoms with Crippen LogP contribution in [0.5, 0.6) is 0 Å². The molecule has 0 aromatic rings. The zero-order valence-electron chi connectivity index (χ0n) is 20.7. The normalized spacial score (nSPS) is 24.1. The molecule has 2 aliphatic rings. The van der Waals surface area contributed by atoms with Gasteiger partial charge in [-0.3, -0.25) is 4.90 Å². The van der Waals surface area contributed by atoms with E-state index in [0.717, 1.165) is 5.54 Å². The van der Waals surface area contributed by atoms with Crippen molar-refractivity contribution >= 4 is 8.24 Å². The van der Waals surface area contributed by atoms with E-state index in [2.05, 4.69) is 52.1 Å². The van der Waals surface area contributed by atoms with Crippen LogP contribution in [0, 0.1) is 22.3 Å². The van der Waals surface area contributed by atoms with Crippen molar-refractivity contribution in [2.45, 2.75) is 109 Å². The number of allylic oxidation sites excluding steroid dienone is 1. The molecule has 0 aromatic heterocycles. The first-order valence-electron chi connectivity index (χ1n) is 10.5. The van der Waals surface area contributed by atoms with Crippen molar-refractivity contribution < 1.29 is 21.7 Å². The van der Waals surface area contributed by atoms with Crippen LogP contribution in [0.15, 0.2) is 11.6 Å². The molecule has 1 aliphatic heterocycles. The van der Waals surface area contributed by atoms with Crippen LogP contribution in [-0.4, -0.2) is 37.8 Å². The summed E-state index contributed by atoms with van der Waals surface area (Å²) in [5.74, 6) is 0. The minimum absolute atomic E-state index is 0. The van der Waals surface area contributed by atoms with Gasteiger partial charge in [0.1, 0.15) is 0 Å². The molecular formula is C24H50N2SiTi. The summed E-state index contributed by atoms with van der Waals surface area (Å²) in [4.78, 5) is 8.21. The van der Waals surface area contributed by atoms with Gasteiger partial charge < -0.3 is 27.3 Å². The Balaban J connectivity index is -0.00000156. The van der Waals surface area contributed by atoms with E-state index in [0.29, 0.717) is 6.04 Å². The first-order valence-corrected chi connectivity index (χ1v) is 13.2. The van der Waals surface area contributed by atoms with Crippen molar-refractivity contribution in [2.24, 2.45) is 0 Å². The second kappa shape index (κ2) is 14.6. The maximum absolute atomic E-state index is 5.46. The van der Waals surface area contributed by atoms with E-state index >= 15 is 0 Å². The van der Waals surface area contributed by atoms with Crippen LogP contribution in [0.3, 0.4) is 0 Å². The van der Waals surface area contributed by atoms with Gasteiger partial charge in [0, 0.05) is 6.04 Å². The van der Waals surface area contributed by atoms with Gasteiger partial charge in [-0.25, -0.2) is 0 Å². The molecule has 0 N–H and O–H groups in total. The third-order valence-corrected chi connectivity index (χ3v) is 10.8. The monoisotopic (exact) mass is 442 g/mol. The minimum atomic E-state index is -1.61. The van der Waals surface area contributed by atoms with Gasteiger partial charge >= 0.3 is 21.7 Å². The molecule has 0 bridgehead atoms. The maximum Gasteiger partial charge on any atom is 4.00 e. The number of hydrogen-bond acceptors (Lipinski definition) is 1. The molecule has 0 radical (unpaired) electrons. The average molecular weight is 443 g/mol. The second-order valence-corrected chi connectivity index (χ2v) is 13.6. The first kappa shape index (κ1) is 33.2. The van der Waals surface area contributed by atoms with Crippen LogP contribution >= 0.6 is 0 Å². The van der Waals surface area contributed by atoms with Crippen molar-refractivity contribution in [3.05, 3.63) is 38.9 Å². The Bertz CT molecular complexity index is 427. The van der Waals surface area contributed by atoms with E-state index in [1.54, 1.807) is 5.57 Å². The summed E-state index contributed by atoms with van der Waals surface area (Å²) in [5.41, 5.74) is 2.67. The Hall–Kier alpha value is 0.591. The van der Waals surface area contributed by atoms with Gasteiger partial charge in [-0.2, -0.15) is 0 Å². The van der Waals surface area contributed by atoms with Gasteiger partial charge in [-0.05, 0) is 50.7 Å². The molecule has 1 heterocycles. The van der Waals surface area contributed by atoms with Crippen molar-refractivity contribution in [3.63, 3.8) is 0 Å². The fourth-order valence-corrected chi connectivity index (χ4v) is 8.94. The summed E-state index contributed by atoms with van der Waals surface area (Å²) >= 11 is 0. The molecule has 28 heavy (non-hydrogen) atoms. The minimum Gasteiger partial charge on any atom is -0.659 e. The molecule has 1 aliphatic carbocycles. The quantitative estimate of drug-likeness (QED) is 0.162. The molecule has 2 nitrogen and oxygen atoms in total. The molecular weight excluding hydrogens is 392 g/mol. The average Bonchev–Trinajstić information content (AvgIpc) is 3.15. The number of rotatable bonds is 8. The van der Waals surface area contributed by atoms with E-state index in [4.69, 9.17) is 4.98 Å². The van der Waals surface area contributed by atoms with Gasteiger partial charge in [0.2, 0.25) is 0 Å². The van der Waals surface area contributed by atoms with Gasteiger partial charge in [-0.1, -0.05) is 79.9 Å². The van der Waals surface area contributed by atoms with Gasteiger partial charge in [0.25, 0.3) is 0 Å². The molecule has 0 aromatic carbocycles. The standard InChI is InChI=1S/C21H41N2Si.3CH3.Ti/c1-7-9-10-13-18-16-19(23-14-11-12-15-23)17-20(18)24(6,8-2)22-21(3,4)5;;;;/h16,19-20H,7-15,17H2,1-6H3;3*1H3;/q4*-1;+4/t19?,20?,24-;;;;/m0..../s1. The SMILES string of the molecule is CCCCCC1=CC(N2CCCC2)CC1[Si@](C)(CC)[N-]C(C)(C)C.[CH3-].[CH3-].[CH3-].[Ti+4]. The van der Waals surface area contributed by atoms with Crippen LogP contribution in [0.4, 0.5) is 0 Å². The third kappa shape index (κ3) is 9.16. The van der Waals surface area contributed by atoms with Gasteiger partial charge in [0.05, 0.1) is 0 Å². The van der Waals surface area contributed by atoms with Crippen LogP contribution in [0.2, 0.25) is 18.1 Å². The van der Waals surface area contributed by atoms with Gasteiger partial charge in [0.15, 0.2) is 0 Å². The van der Waals surface area contributed by atoms with Crippen molar-refractivity contribution in [3.8, 4) is 0 Å². The number of hydrogen-bond donors (Lipinski definition) is 0. The Morgan fingerprint density at radius 3 is 2.11 bits per heavy atom. The van der Waals surface area contributed by atoms with E-state index in [1.165, 1.54) is 64.1 Å². The van der Waals surface area contributed by atoms with E-state index in [-0.39, 0.29) is 49.5 Å². The fraction of sp³-hybridized carbons (Fsp3) is 0.792. The van der Waals surface area contributed by atoms with Crippen LogP contribution in [-0.2, 0) is 21.7 Å². The zero-order chi connectivity index (χ0) is 17.8. The summed E-state index contributed by atoms with van der Waals surface area (Å²) in [6.07, 6.45) is 12.2. The summed E-state index contributed by atoms with van der Waals surface area (Å²) in [5, 5.41) is 0.